The zero-order valence-electron chi connectivity index (χ0n) is 11.6. The molecule has 0 saturated heterocycles. The average molecular weight is 350 g/mol. The van der Waals surface area contributed by atoms with E-state index in [9.17, 15) is 0 Å². The Morgan fingerprint density at radius 3 is 2.73 bits per heavy atom. The third kappa shape index (κ3) is 2.31. The van der Waals surface area contributed by atoms with E-state index in [0.717, 1.165) is 37.7 Å². The molecule has 2 aromatic heterocycles. The molecule has 2 heterocycles. The zero-order chi connectivity index (χ0) is 14.9. The van der Waals surface area contributed by atoms with Gasteiger partial charge in [0.1, 0.15) is 5.82 Å². The summed E-state index contributed by atoms with van der Waals surface area (Å²) in [5.74, 6) is 0.849. The highest BCUT2D eigenvalue weighted by atomic mass is 79.9. The lowest BCUT2D eigenvalue weighted by molar-refractivity contribution is 1.34. The summed E-state index contributed by atoms with van der Waals surface area (Å²) >= 11 is 3.59. The molecule has 0 bridgehead atoms. The van der Waals surface area contributed by atoms with E-state index >= 15 is 0 Å². The van der Waals surface area contributed by atoms with E-state index in [2.05, 4.69) is 49.4 Å². The van der Waals surface area contributed by atoms with Crippen LogP contribution in [-0.2, 0) is 0 Å². The van der Waals surface area contributed by atoms with E-state index in [1.165, 1.54) is 0 Å². The van der Waals surface area contributed by atoms with Gasteiger partial charge in [0, 0.05) is 38.7 Å². The smallest absolute Gasteiger partial charge is 0.138 e. The minimum absolute atomic E-state index is 0.849. The van der Waals surface area contributed by atoms with Gasteiger partial charge in [-0.2, -0.15) is 0 Å². The van der Waals surface area contributed by atoms with E-state index in [1.807, 2.05) is 42.6 Å². The molecule has 0 spiro atoms. The van der Waals surface area contributed by atoms with Gasteiger partial charge in [0.25, 0.3) is 0 Å². The van der Waals surface area contributed by atoms with Crippen molar-refractivity contribution in [2.45, 2.75) is 0 Å². The van der Waals surface area contributed by atoms with Crippen LogP contribution in [0.25, 0.3) is 21.7 Å². The molecule has 4 rings (SSSR count). The van der Waals surface area contributed by atoms with E-state index in [1.54, 1.807) is 6.20 Å². The second-order valence-corrected chi connectivity index (χ2v) is 5.88. The van der Waals surface area contributed by atoms with Crippen LogP contribution in [0.3, 0.4) is 0 Å². The standard InChI is InChI=1S/C18H12BrN3/c19-16-5-1-4-15-14(16)8-10-21-18(15)22-13-6-7-17-12(11-13)3-2-9-20-17/h1-11H,(H,21,22). The number of hydrogen-bond donors (Lipinski definition) is 1. The van der Waals surface area contributed by atoms with Gasteiger partial charge in [0.05, 0.1) is 5.52 Å². The van der Waals surface area contributed by atoms with Crippen LogP contribution in [0.15, 0.2) is 71.5 Å². The van der Waals surface area contributed by atoms with Crippen molar-refractivity contribution < 1.29 is 0 Å². The van der Waals surface area contributed by atoms with Crippen LogP contribution in [0, 0.1) is 0 Å². The number of halogens is 1. The first kappa shape index (κ1) is 13.2. The Hall–Kier alpha value is -2.46. The summed E-state index contributed by atoms with van der Waals surface area (Å²) in [5.41, 5.74) is 1.99. The van der Waals surface area contributed by atoms with Gasteiger partial charge in [-0.05, 0) is 36.4 Å². The molecule has 0 unspecified atom stereocenters. The number of hydrogen-bond acceptors (Lipinski definition) is 3. The van der Waals surface area contributed by atoms with Crippen LogP contribution in [-0.4, -0.2) is 9.97 Å². The molecule has 0 saturated carbocycles. The molecular formula is C18H12BrN3. The Kier molecular flexibility index (Phi) is 3.24. The first-order valence-electron chi connectivity index (χ1n) is 6.96. The third-order valence-corrected chi connectivity index (χ3v) is 4.31. The highest BCUT2D eigenvalue weighted by Crippen LogP contribution is 2.29. The number of fused-ring (bicyclic) bond motifs is 2. The second kappa shape index (κ2) is 5.39. The summed E-state index contributed by atoms with van der Waals surface area (Å²) in [5, 5.41) is 6.74. The molecule has 0 radical (unpaired) electrons. The summed E-state index contributed by atoms with van der Waals surface area (Å²) in [7, 11) is 0. The lowest BCUT2D eigenvalue weighted by Crippen LogP contribution is -1.95. The summed E-state index contributed by atoms with van der Waals surface area (Å²) in [6.45, 7) is 0. The Balaban J connectivity index is 1.80. The van der Waals surface area contributed by atoms with Crippen molar-refractivity contribution in [3.8, 4) is 0 Å². The van der Waals surface area contributed by atoms with Gasteiger partial charge in [0.2, 0.25) is 0 Å². The predicted octanol–water partition coefficient (Wildman–Crippen LogP) is 5.29. The lowest BCUT2D eigenvalue weighted by atomic mass is 10.1. The van der Waals surface area contributed by atoms with Crippen molar-refractivity contribution in [2.24, 2.45) is 0 Å². The fraction of sp³-hybridized carbons (Fsp3) is 0. The SMILES string of the molecule is Brc1cccc2c(Nc3ccc4ncccc4c3)nccc12. The summed E-state index contributed by atoms with van der Waals surface area (Å²) in [6, 6.07) is 18.2. The van der Waals surface area contributed by atoms with Crippen molar-refractivity contribution in [2.75, 3.05) is 5.32 Å². The maximum atomic E-state index is 4.48. The molecule has 1 N–H and O–H groups in total. The molecule has 2 aromatic carbocycles. The van der Waals surface area contributed by atoms with Crippen molar-refractivity contribution in [1.29, 1.82) is 0 Å². The van der Waals surface area contributed by atoms with E-state index in [0.29, 0.717) is 0 Å². The molecule has 0 aliphatic carbocycles. The van der Waals surface area contributed by atoms with Crippen molar-refractivity contribution in [3.05, 3.63) is 71.5 Å². The number of nitrogens with zero attached hydrogens (tertiary/aromatic N) is 2. The zero-order valence-corrected chi connectivity index (χ0v) is 13.2. The molecule has 106 valence electrons. The maximum absolute atomic E-state index is 4.48. The number of pyridine rings is 2. The van der Waals surface area contributed by atoms with E-state index in [4.69, 9.17) is 0 Å². The summed E-state index contributed by atoms with van der Waals surface area (Å²) in [6.07, 6.45) is 3.62. The molecule has 4 aromatic rings. The van der Waals surface area contributed by atoms with Crippen LogP contribution < -0.4 is 5.32 Å². The maximum Gasteiger partial charge on any atom is 0.138 e. The monoisotopic (exact) mass is 349 g/mol. The first-order valence-corrected chi connectivity index (χ1v) is 7.75. The molecule has 0 amide bonds. The van der Waals surface area contributed by atoms with Gasteiger partial charge in [0.15, 0.2) is 0 Å². The highest BCUT2D eigenvalue weighted by Gasteiger charge is 2.05. The van der Waals surface area contributed by atoms with E-state index in [-0.39, 0.29) is 0 Å². The van der Waals surface area contributed by atoms with Crippen molar-refractivity contribution in [3.63, 3.8) is 0 Å². The number of nitrogens with one attached hydrogen (secondary N) is 1. The van der Waals surface area contributed by atoms with Gasteiger partial charge in [-0.15, -0.1) is 0 Å². The fourth-order valence-corrected chi connectivity index (χ4v) is 3.06. The molecule has 3 nitrogen and oxygen atoms in total. The average Bonchev–Trinajstić information content (AvgIpc) is 2.56. The van der Waals surface area contributed by atoms with Crippen molar-refractivity contribution in [1.82, 2.24) is 9.97 Å². The number of anilines is 2. The normalized spacial score (nSPS) is 11.0. The minimum atomic E-state index is 0.849. The summed E-state index contributed by atoms with van der Waals surface area (Å²) < 4.78 is 1.07. The van der Waals surface area contributed by atoms with Gasteiger partial charge < -0.3 is 5.32 Å². The third-order valence-electron chi connectivity index (χ3n) is 3.62. The lowest BCUT2D eigenvalue weighted by Gasteiger charge is -2.10. The quantitative estimate of drug-likeness (QED) is 0.534. The number of aromatic nitrogens is 2. The van der Waals surface area contributed by atoms with Gasteiger partial charge in [-0.3, -0.25) is 4.98 Å². The van der Waals surface area contributed by atoms with Gasteiger partial charge in [-0.25, -0.2) is 4.98 Å². The van der Waals surface area contributed by atoms with E-state index < -0.39 is 0 Å². The van der Waals surface area contributed by atoms with Crippen molar-refractivity contribution >= 4 is 49.1 Å². The first-order chi connectivity index (χ1) is 10.8. The fourth-order valence-electron chi connectivity index (χ4n) is 2.56. The molecular weight excluding hydrogens is 338 g/mol. The molecule has 4 heteroatoms. The summed E-state index contributed by atoms with van der Waals surface area (Å²) in [4.78, 5) is 8.82. The molecule has 22 heavy (non-hydrogen) atoms. The van der Waals surface area contributed by atoms with Crippen LogP contribution in [0.4, 0.5) is 11.5 Å². The Morgan fingerprint density at radius 1 is 0.818 bits per heavy atom. The molecule has 0 fully saturated rings. The van der Waals surface area contributed by atoms with Crippen LogP contribution in [0.5, 0.6) is 0 Å². The Morgan fingerprint density at radius 2 is 1.77 bits per heavy atom. The largest absolute Gasteiger partial charge is 0.340 e. The minimum Gasteiger partial charge on any atom is -0.340 e. The van der Waals surface area contributed by atoms with Gasteiger partial charge in [-0.1, -0.05) is 34.1 Å². The second-order valence-electron chi connectivity index (χ2n) is 5.03. The molecule has 0 aliphatic heterocycles. The van der Waals surface area contributed by atoms with Crippen LogP contribution in [0.2, 0.25) is 0 Å². The highest BCUT2D eigenvalue weighted by molar-refractivity contribution is 9.10. The molecule has 0 atom stereocenters. The number of rotatable bonds is 2. The molecule has 0 aliphatic rings. The topological polar surface area (TPSA) is 37.8 Å². The Bertz CT molecular complexity index is 982. The predicted molar refractivity (Wildman–Crippen MR) is 94.5 cm³/mol. The van der Waals surface area contributed by atoms with Crippen LogP contribution >= 0.6 is 15.9 Å². The Labute approximate surface area is 136 Å². The number of benzene rings is 2. The van der Waals surface area contributed by atoms with Crippen LogP contribution in [0.1, 0.15) is 0 Å². The van der Waals surface area contributed by atoms with Gasteiger partial charge >= 0.3 is 0 Å².